The third-order valence-corrected chi connectivity index (χ3v) is 5.69. The van der Waals surface area contributed by atoms with Crippen LogP contribution < -0.4 is 0 Å². The van der Waals surface area contributed by atoms with Gasteiger partial charge >= 0.3 is 0 Å². The molecule has 0 saturated carbocycles. The second kappa shape index (κ2) is 6.72. The summed E-state index contributed by atoms with van der Waals surface area (Å²) in [4.78, 5) is 13.7. The Morgan fingerprint density at radius 2 is 2.23 bits per heavy atom. The van der Waals surface area contributed by atoms with Crippen LogP contribution in [0.3, 0.4) is 0 Å². The first-order chi connectivity index (χ1) is 10.6. The van der Waals surface area contributed by atoms with Crippen molar-refractivity contribution in [1.29, 1.82) is 0 Å². The Bertz CT molecular complexity index is 607. The SMILES string of the molecule is COC(O)C(c1ccccc1Cl)N1CCC2SC(=O)C=C2C1. The molecule has 0 aliphatic carbocycles. The average Bonchev–Trinajstić information content (AvgIpc) is 2.88. The van der Waals surface area contributed by atoms with Crippen molar-refractivity contribution in [3.8, 4) is 0 Å². The summed E-state index contributed by atoms with van der Waals surface area (Å²) in [6.45, 7) is 1.44. The number of hydrogen-bond donors (Lipinski definition) is 1. The molecular formula is C16H18ClNO3S. The van der Waals surface area contributed by atoms with Gasteiger partial charge in [0.15, 0.2) is 6.29 Å². The molecule has 2 aliphatic heterocycles. The van der Waals surface area contributed by atoms with E-state index in [1.54, 1.807) is 6.08 Å². The molecule has 3 atom stereocenters. The maximum Gasteiger partial charge on any atom is 0.212 e. The molecule has 118 valence electrons. The molecule has 3 rings (SSSR count). The number of carbonyl (C=O) groups is 1. The highest BCUT2D eigenvalue weighted by molar-refractivity contribution is 8.15. The molecule has 0 bridgehead atoms. The van der Waals surface area contributed by atoms with Crippen molar-refractivity contribution in [2.75, 3.05) is 20.2 Å². The van der Waals surface area contributed by atoms with Crippen molar-refractivity contribution >= 4 is 28.5 Å². The van der Waals surface area contributed by atoms with E-state index in [9.17, 15) is 9.90 Å². The summed E-state index contributed by atoms with van der Waals surface area (Å²) in [6, 6.07) is 7.14. The lowest BCUT2D eigenvalue weighted by atomic mass is 9.98. The number of thioether (sulfide) groups is 1. The van der Waals surface area contributed by atoms with E-state index in [4.69, 9.17) is 16.3 Å². The highest BCUT2D eigenvalue weighted by Crippen LogP contribution is 2.39. The number of aliphatic hydroxyl groups is 1. The Morgan fingerprint density at radius 3 is 2.95 bits per heavy atom. The topological polar surface area (TPSA) is 49.8 Å². The molecule has 0 amide bonds. The Labute approximate surface area is 139 Å². The molecule has 0 aromatic heterocycles. The number of aliphatic hydroxyl groups excluding tert-OH is 1. The van der Waals surface area contributed by atoms with Gasteiger partial charge in [0.1, 0.15) is 0 Å². The van der Waals surface area contributed by atoms with E-state index in [-0.39, 0.29) is 16.4 Å². The van der Waals surface area contributed by atoms with Crippen molar-refractivity contribution in [3.05, 3.63) is 46.5 Å². The van der Waals surface area contributed by atoms with Gasteiger partial charge < -0.3 is 9.84 Å². The number of benzene rings is 1. The molecule has 4 nitrogen and oxygen atoms in total. The number of likely N-dealkylation sites (tertiary alicyclic amines) is 1. The molecule has 2 aliphatic rings. The van der Waals surface area contributed by atoms with Crippen LogP contribution >= 0.6 is 23.4 Å². The van der Waals surface area contributed by atoms with Gasteiger partial charge in [-0.1, -0.05) is 41.6 Å². The summed E-state index contributed by atoms with van der Waals surface area (Å²) in [5, 5.41) is 11.3. The van der Waals surface area contributed by atoms with Crippen LogP contribution in [0.4, 0.5) is 0 Å². The number of halogens is 1. The molecule has 2 heterocycles. The number of hydrogen-bond acceptors (Lipinski definition) is 5. The molecule has 1 aromatic rings. The molecule has 0 radical (unpaired) electrons. The van der Waals surface area contributed by atoms with E-state index >= 15 is 0 Å². The standard InChI is InChI=1S/C16H18ClNO3S/c1-21-16(20)15(11-4-2-3-5-12(11)17)18-7-6-13-10(9-18)8-14(19)22-13/h2-5,8,13,15-16,20H,6-7,9H2,1H3. The number of carbonyl (C=O) groups excluding carboxylic acids is 1. The number of methoxy groups -OCH3 is 1. The zero-order chi connectivity index (χ0) is 15.7. The number of piperidine rings is 1. The first-order valence-corrected chi connectivity index (χ1v) is 8.46. The number of nitrogens with zero attached hydrogens (tertiary/aromatic N) is 1. The van der Waals surface area contributed by atoms with Crippen molar-refractivity contribution in [2.45, 2.75) is 24.0 Å². The van der Waals surface area contributed by atoms with Gasteiger partial charge in [0, 0.05) is 30.5 Å². The molecule has 6 heteroatoms. The Morgan fingerprint density at radius 1 is 1.45 bits per heavy atom. The minimum Gasteiger partial charge on any atom is -0.366 e. The fraction of sp³-hybridized carbons (Fsp3) is 0.438. The van der Waals surface area contributed by atoms with Gasteiger partial charge in [-0.15, -0.1) is 0 Å². The lowest BCUT2D eigenvalue weighted by Gasteiger charge is -2.39. The molecule has 1 fully saturated rings. The van der Waals surface area contributed by atoms with Crippen molar-refractivity contribution in [1.82, 2.24) is 4.90 Å². The summed E-state index contributed by atoms with van der Waals surface area (Å²) in [5.74, 6) is 0. The van der Waals surface area contributed by atoms with Gasteiger partial charge in [-0.25, -0.2) is 0 Å². The predicted molar refractivity (Wildman–Crippen MR) is 87.9 cm³/mol. The second-order valence-electron chi connectivity index (χ2n) is 5.50. The third-order valence-electron chi connectivity index (χ3n) is 4.17. The van der Waals surface area contributed by atoms with Crippen LogP contribution in [0.5, 0.6) is 0 Å². The van der Waals surface area contributed by atoms with Gasteiger partial charge in [-0.2, -0.15) is 0 Å². The summed E-state index contributed by atoms with van der Waals surface area (Å²) in [6.07, 6.45) is 1.64. The minimum atomic E-state index is -0.971. The van der Waals surface area contributed by atoms with E-state index in [0.29, 0.717) is 11.6 Å². The van der Waals surface area contributed by atoms with Crippen LogP contribution in [0.1, 0.15) is 18.0 Å². The van der Waals surface area contributed by atoms with Gasteiger partial charge in [0.05, 0.1) is 6.04 Å². The number of fused-ring (bicyclic) bond motifs is 1. The van der Waals surface area contributed by atoms with Crippen LogP contribution in [0.15, 0.2) is 35.9 Å². The monoisotopic (exact) mass is 339 g/mol. The van der Waals surface area contributed by atoms with Crippen molar-refractivity contribution in [2.24, 2.45) is 0 Å². The fourth-order valence-corrected chi connectivity index (χ4v) is 4.36. The zero-order valence-corrected chi connectivity index (χ0v) is 13.8. The van der Waals surface area contributed by atoms with E-state index in [1.165, 1.54) is 18.9 Å². The summed E-state index contributed by atoms with van der Waals surface area (Å²) in [7, 11) is 1.48. The van der Waals surface area contributed by atoms with Gasteiger partial charge in [-0.05, 0) is 29.7 Å². The fourth-order valence-electron chi connectivity index (χ4n) is 3.09. The molecule has 1 N–H and O–H groups in total. The first-order valence-electron chi connectivity index (χ1n) is 7.20. The highest BCUT2D eigenvalue weighted by Gasteiger charge is 2.37. The minimum absolute atomic E-state index is 0.128. The lowest BCUT2D eigenvalue weighted by molar-refractivity contribution is -0.127. The van der Waals surface area contributed by atoms with Crippen molar-refractivity contribution < 1.29 is 14.6 Å². The van der Waals surface area contributed by atoms with Gasteiger partial charge in [-0.3, -0.25) is 9.69 Å². The van der Waals surface area contributed by atoms with E-state index in [1.807, 2.05) is 24.3 Å². The highest BCUT2D eigenvalue weighted by atomic mass is 35.5. The van der Waals surface area contributed by atoms with Crippen LogP contribution in [0.2, 0.25) is 5.02 Å². The van der Waals surface area contributed by atoms with E-state index in [2.05, 4.69) is 4.90 Å². The Kier molecular flexibility index (Phi) is 4.90. The second-order valence-corrected chi connectivity index (χ2v) is 7.11. The van der Waals surface area contributed by atoms with Gasteiger partial charge in [0.25, 0.3) is 0 Å². The third kappa shape index (κ3) is 3.09. The maximum atomic E-state index is 11.6. The molecular weight excluding hydrogens is 322 g/mol. The molecule has 0 spiro atoms. The molecule has 1 aromatic carbocycles. The lowest BCUT2D eigenvalue weighted by Crippen LogP contribution is -2.43. The smallest absolute Gasteiger partial charge is 0.212 e. The van der Waals surface area contributed by atoms with E-state index in [0.717, 1.165) is 24.1 Å². The summed E-state index contributed by atoms with van der Waals surface area (Å²) < 4.78 is 5.17. The van der Waals surface area contributed by atoms with Crippen molar-refractivity contribution in [3.63, 3.8) is 0 Å². The first kappa shape index (κ1) is 16.0. The average molecular weight is 340 g/mol. The quantitative estimate of drug-likeness (QED) is 0.855. The van der Waals surface area contributed by atoms with Crippen LogP contribution in [-0.4, -0.2) is 46.9 Å². The number of ether oxygens (including phenoxy) is 1. The predicted octanol–water partition coefficient (Wildman–Crippen LogP) is 2.62. The van der Waals surface area contributed by atoms with Crippen LogP contribution in [-0.2, 0) is 9.53 Å². The Hall–Kier alpha value is -0.850. The van der Waals surface area contributed by atoms with Gasteiger partial charge in [0.2, 0.25) is 5.12 Å². The Balaban J connectivity index is 1.89. The summed E-state index contributed by atoms with van der Waals surface area (Å²) >= 11 is 7.71. The summed E-state index contributed by atoms with van der Waals surface area (Å²) in [5.41, 5.74) is 1.97. The number of rotatable bonds is 4. The molecule has 22 heavy (non-hydrogen) atoms. The normalized spacial score (nSPS) is 24.8. The van der Waals surface area contributed by atoms with Crippen LogP contribution in [0.25, 0.3) is 0 Å². The molecule has 3 unspecified atom stereocenters. The maximum absolute atomic E-state index is 11.6. The van der Waals surface area contributed by atoms with Crippen LogP contribution in [0, 0.1) is 0 Å². The molecule has 1 saturated heterocycles. The zero-order valence-electron chi connectivity index (χ0n) is 12.2. The van der Waals surface area contributed by atoms with E-state index < -0.39 is 6.29 Å². The largest absolute Gasteiger partial charge is 0.366 e.